The molecule has 0 amide bonds. The molecule has 0 fully saturated rings. The minimum Gasteiger partial charge on any atom is -0.327 e. The van der Waals surface area contributed by atoms with Crippen LogP contribution in [0, 0.1) is 5.92 Å². The summed E-state index contributed by atoms with van der Waals surface area (Å²) in [6, 6.07) is 20.3. The Morgan fingerprint density at radius 3 is 2.08 bits per heavy atom. The molecule has 2 atom stereocenters. The predicted octanol–water partition coefficient (Wildman–Crippen LogP) is 5.27. The van der Waals surface area contributed by atoms with E-state index in [9.17, 15) is 0 Å². The summed E-state index contributed by atoms with van der Waals surface area (Å²) in [5.41, 5.74) is 11.5. The Morgan fingerprint density at radius 1 is 0.958 bits per heavy atom. The van der Waals surface area contributed by atoms with E-state index in [1.165, 1.54) is 42.4 Å². The molecule has 2 aromatic carbocycles. The van der Waals surface area contributed by atoms with Gasteiger partial charge in [-0.3, -0.25) is 0 Å². The first-order valence-corrected chi connectivity index (χ1v) is 9.60. The monoisotopic (exact) mass is 321 g/mol. The molecule has 0 aromatic heterocycles. The normalized spacial score (nSPS) is 18.1. The van der Waals surface area contributed by atoms with Gasteiger partial charge in [-0.05, 0) is 48.3 Å². The molecular weight excluding hydrogens is 290 g/mol. The lowest BCUT2D eigenvalue weighted by atomic mass is 9.62. The van der Waals surface area contributed by atoms with Gasteiger partial charge in [0.05, 0.1) is 0 Å². The molecule has 0 radical (unpaired) electrons. The minimum absolute atomic E-state index is 0.0788. The second-order valence-electron chi connectivity index (χ2n) is 7.38. The van der Waals surface area contributed by atoms with E-state index in [2.05, 4.69) is 68.4 Å². The van der Waals surface area contributed by atoms with E-state index >= 15 is 0 Å². The van der Waals surface area contributed by atoms with Crippen LogP contribution < -0.4 is 5.73 Å². The lowest BCUT2D eigenvalue weighted by molar-refractivity contribution is 0.204. The van der Waals surface area contributed by atoms with Crippen molar-refractivity contribution < 1.29 is 0 Å². The molecule has 0 saturated carbocycles. The Kier molecular flexibility index (Phi) is 5.40. The van der Waals surface area contributed by atoms with Crippen molar-refractivity contribution in [1.29, 1.82) is 0 Å². The van der Waals surface area contributed by atoms with Gasteiger partial charge in [0, 0.05) is 11.5 Å². The summed E-state index contributed by atoms with van der Waals surface area (Å²) in [6.07, 6.45) is 6.99. The van der Waals surface area contributed by atoms with Crippen LogP contribution in [0.4, 0.5) is 0 Å². The Labute approximate surface area is 147 Å². The zero-order valence-corrected chi connectivity index (χ0v) is 15.2. The number of rotatable bonds is 7. The van der Waals surface area contributed by atoms with E-state index < -0.39 is 0 Å². The molecule has 2 aromatic rings. The smallest absolute Gasteiger partial charge is 0.0139 e. The highest BCUT2D eigenvalue weighted by atomic mass is 14.7. The second-order valence-corrected chi connectivity index (χ2v) is 7.38. The van der Waals surface area contributed by atoms with Gasteiger partial charge in [0.25, 0.3) is 0 Å². The summed E-state index contributed by atoms with van der Waals surface area (Å²) in [4.78, 5) is 0. The van der Waals surface area contributed by atoms with Gasteiger partial charge in [-0.2, -0.15) is 0 Å². The average molecular weight is 322 g/mol. The third-order valence-electron chi connectivity index (χ3n) is 6.21. The molecule has 2 unspecified atom stereocenters. The van der Waals surface area contributed by atoms with Crippen molar-refractivity contribution in [2.75, 3.05) is 0 Å². The van der Waals surface area contributed by atoms with Crippen LogP contribution in [-0.2, 0) is 18.3 Å². The van der Waals surface area contributed by atoms with Crippen LogP contribution in [-0.4, -0.2) is 6.04 Å². The number of nitrogens with two attached hydrogens (primary N) is 1. The SMILES string of the molecule is CCCCC(N)C(CC)(c1ccccc1)C1Cc2ccccc2C1. The maximum absolute atomic E-state index is 6.90. The van der Waals surface area contributed by atoms with Gasteiger partial charge in [-0.15, -0.1) is 0 Å². The summed E-state index contributed by atoms with van der Waals surface area (Å²) >= 11 is 0. The molecule has 3 rings (SSSR count). The topological polar surface area (TPSA) is 26.0 Å². The highest BCUT2D eigenvalue weighted by molar-refractivity contribution is 5.38. The van der Waals surface area contributed by atoms with Crippen molar-refractivity contribution in [3.63, 3.8) is 0 Å². The number of unbranched alkanes of at least 4 members (excludes halogenated alkanes) is 1. The molecule has 1 heteroatoms. The Balaban J connectivity index is 1.99. The summed E-state index contributed by atoms with van der Waals surface area (Å²) in [5, 5.41) is 0. The quantitative estimate of drug-likeness (QED) is 0.739. The maximum atomic E-state index is 6.90. The van der Waals surface area contributed by atoms with Crippen LogP contribution in [0.5, 0.6) is 0 Å². The van der Waals surface area contributed by atoms with Gasteiger partial charge in [0.2, 0.25) is 0 Å². The van der Waals surface area contributed by atoms with Gasteiger partial charge in [-0.1, -0.05) is 81.3 Å². The highest BCUT2D eigenvalue weighted by Crippen LogP contribution is 2.46. The third-order valence-corrected chi connectivity index (χ3v) is 6.21. The van der Waals surface area contributed by atoms with Gasteiger partial charge in [0.15, 0.2) is 0 Å². The Morgan fingerprint density at radius 2 is 1.54 bits per heavy atom. The van der Waals surface area contributed by atoms with Crippen LogP contribution in [0.1, 0.15) is 56.2 Å². The molecule has 2 N–H and O–H groups in total. The largest absolute Gasteiger partial charge is 0.327 e. The fourth-order valence-corrected chi connectivity index (χ4v) is 4.86. The van der Waals surface area contributed by atoms with Crippen LogP contribution >= 0.6 is 0 Å². The van der Waals surface area contributed by atoms with Crippen LogP contribution in [0.2, 0.25) is 0 Å². The first kappa shape index (κ1) is 17.2. The molecule has 128 valence electrons. The van der Waals surface area contributed by atoms with Crippen molar-refractivity contribution in [1.82, 2.24) is 0 Å². The Hall–Kier alpha value is -1.60. The van der Waals surface area contributed by atoms with Gasteiger partial charge >= 0.3 is 0 Å². The van der Waals surface area contributed by atoms with Crippen LogP contribution in [0.3, 0.4) is 0 Å². The second kappa shape index (κ2) is 7.53. The van der Waals surface area contributed by atoms with E-state index in [4.69, 9.17) is 5.73 Å². The third kappa shape index (κ3) is 3.02. The van der Waals surface area contributed by atoms with E-state index in [0.717, 1.165) is 12.8 Å². The lowest BCUT2D eigenvalue weighted by Gasteiger charge is -2.44. The Bertz CT molecular complexity index is 623. The van der Waals surface area contributed by atoms with Crippen molar-refractivity contribution in [3.05, 3.63) is 71.3 Å². The first-order valence-electron chi connectivity index (χ1n) is 9.60. The van der Waals surface area contributed by atoms with Gasteiger partial charge < -0.3 is 5.73 Å². The predicted molar refractivity (Wildman–Crippen MR) is 103 cm³/mol. The fourth-order valence-electron chi connectivity index (χ4n) is 4.86. The van der Waals surface area contributed by atoms with Crippen LogP contribution in [0.25, 0.3) is 0 Å². The van der Waals surface area contributed by atoms with Crippen molar-refractivity contribution in [2.24, 2.45) is 11.7 Å². The summed E-state index contributed by atoms with van der Waals surface area (Å²) in [7, 11) is 0. The molecule has 0 saturated heterocycles. The highest BCUT2D eigenvalue weighted by Gasteiger charge is 2.45. The minimum atomic E-state index is 0.0788. The fraction of sp³-hybridized carbons (Fsp3) is 0.478. The molecule has 1 aliphatic carbocycles. The molecule has 24 heavy (non-hydrogen) atoms. The lowest BCUT2D eigenvalue weighted by Crippen LogP contribution is -2.50. The number of fused-ring (bicyclic) bond motifs is 1. The zero-order valence-electron chi connectivity index (χ0n) is 15.2. The van der Waals surface area contributed by atoms with E-state index in [1.807, 2.05) is 0 Å². The van der Waals surface area contributed by atoms with E-state index in [-0.39, 0.29) is 11.5 Å². The van der Waals surface area contributed by atoms with Crippen molar-refractivity contribution >= 4 is 0 Å². The molecule has 0 heterocycles. The standard InChI is InChI=1S/C23H31N/c1-3-5-15-22(24)23(4-2,20-13-7-6-8-14-20)21-16-18-11-9-10-12-19(18)17-21/h6-14,21-22H,3-5,15-17,24H2,1-2H3. The number of hydrogen-bond donors (Lipinski definition) is 1. The molecular formula is C23H31N. The molecule has 0 bridgehead atoms. The van der Waals surface area contributed by atoms with E-state index in [1.54, 1.807) is 0 Å². The summed E-state index contributed by atoms with van der Waals surface area (Å²) in [5.74, 6) is 0.606. The number of benzene rings is 2. The van der Waals surface area contributed by atoms with Crippen LogP contribution in [0.15, 0.2) is 54.6 Å². The van der Waals surface area contributed by atoms with Crippen molar-refractivity contribution in [2.45, 2.75) is 63.8 Å². The molecule has 0 spiro atoms. The van der Waals surface area contributed by atoms with Crippen molar-refractivity contribution in [3.8, 4) is 0 Å². The van der Waals surface area contributed by atoms with Gasteiger partial charge in [-0.25, -0.2) is 0 Å². The maximum Gasteiger partial charge on any atom is 0.0139 e. The summed E-state index contributed by atoms with van der Waals surface area (Å²) in [6.45, 7) is 4.59. The summed E-state index contributed by atoms with van der Waals surface area (Å²) < 4.78 is 0. The molecule has 1 aliphatic rings. The zero-order chi connectivity index (χ0) is 17.0. The molecule has 1 nitrogen and oxygen atoms in total. The van der Waals surface area contributed by atoms with Gasteiger partial charge in [0.1, 0.15) is 0 Å². The first-order chi connectivity index (χ1) is 11.7. The number of hydrogen-bond acceptors (Lipinski definition) is 1. The van der Waals surface area contributed by atoms with E-state index in [0.29, 0.717) is 5.92 Å². The average Bonchev–Trinajstić information content (AvgIpc) is 3.06. The molecule has 0 aliphatic heterocycles.